The average molecular weight is 746 g/mol. The molecule has 0 fully saturated rings. The summed E-state index contributed by atoms with van der Waals surface area (Å²) in [5, 5.41) is 5.69. The van der Waals surface area contributed by atoms with Crippen LogP contribution in [0, 0.1) is 20.8 Å². The second kappa shape index (κ2) is 11.9. The van der Waals surface area contributed by atoms with Crippen LogP contribution in [0.25, 0.3) is 11.1 Å². The van der Waals surface area contributed by atoms with E-state index >= 15 is 0 Å². The highest BCUT2D eigenvalue weighted by Crippen LogP contribution is 2.43. The van der Waals surface area contributed by atoms with Crippen LogP contribution in [-0.4, -0.2) is 21.5 Å². The molecule has 262 valence electrons. The molecule has 0 saturated heterocycles. The standard InChI is InChI=1S/C51H37B2NSSi/c1-32-27-34(3)49-39(28-32)38-19-10-13-24-48(38)56(35-15-6-4-7-16-35,36-17-8-5-9-18-36)37-25-26-44-41(31-37)53(49)43-30-33(2)29-42-51(43)54(44)45-21-14-23-47-50(45)52(42)40-20-11-12-22-46(40)55-47/h4-31H,1-3H3. The van der Waals surface area contributed by atoms with Crippen molar-refractivity contribution >= 4 is 104 Å². The van der Waals surface area contributed by atoms with E-state index in [1.165, 1.54) is 108 Å². The maximum atomic E-state index is 2.66. The third-order valence-electron chi connectivity index (χ3n) is 13.0. The Bertz CT molecular complexity index is 2920. The summed E-state index contributed by atoms with van der Waals surface area (Å²) in [4.78, 5) is 5.39. The zero-order valence-electron chi connectivity index (χ0n) is 31.7. The highest BCUT2D eigenvalue weighted by Gasteiger charge is 2.50. The molecule has 56 heavy (non-hydrogen) atoms. The Hall–Kier alpha value is -5.74. The molecule has 4 heterocycles. The first kappa shape index (κ1) is 32.5. The van der Waals surface area contributed by atoms with E-state index < -0.39 is 8.07 Å². The molecule has 0 amide bonds. The van der Waals surface area contributed by atoms with Gasteiger partial charge in [0.15, 0.2) is 8.07 Å². The zero-order chi connectivity index (χ0) is 37.3. The van der Waals surface area contributed by atoms with Gasteiger partial charge < -0.3 is 4.90 Å². The lowest BCUT2D eigenvalue weighted by molar-refractivity contribution is 1.27. The number of hydrogen-bond acceptors (Lipinski definition) is 2. The quantitative estimate of drug-likeness (QED) is 0.214. The number of fused-ring (bicyclic) bond motifs is 11. The molecule has 0 unspecified atom stereocenters. The normalized spacial score (nSPS) is 14.7. The van der Waals surface area contributed by atoms with Crippen molar-refractivity contribution in [1.29, 1.82) is 0 Å². The minimum Gasteiger partial charge on any atom is -0.312 e. The molecule has 8 aromatic rings. The van der Waals surface area contributed by atoms with E-state index in [1.54, 1.807) is 0 Å². The van der Waals surface area contributed by atoms with Crippen molar-refractivity contribution < 1.29 is 0 Å². The van der Waals surface area contributed by atoms with Gasteiger partial charge in [0.1, 0.15) is 0 Å². The van der Waals surface area contributed by atoms with Gasteiger partial charge in [-0.25, -0.2) is 0 Å². The number of aryl methyl sites for hydroxylation is 3. The summed E-state index contributed by atoms with van der Waals surface area (Å²) in [5.41, 5.74) is 19.2. The van der Waals surface area contributed by atoms with Crippen LogP contribution in [0.2, 0.25) is 0 Å². The number of anilines is 3. The Morgan fingerprint density at radius 1 is 0.446 bits per heavy atom. The molecule has 0 radical (unpaired) electrons. The van der Waals surface area contributed by atoms with Crippen molar-refractivity contribution in [2.75, 3.05) is 4.90 Å². The summed E-state index contributed by atoms with van der Waals surface area (Å²) in [6.45, 7) is 7.18. The fraction of sp³-hybridized carbons (Fsp3) is 0.0588. The van der Waals surface area contributed by atoms with Gasteiger partial charge in [-0.2, -0.15) is 0 Å². The molecule has 0 aliphatic carbocycles. The molecule has 0 aromatic heterocycles. The Kier molecular flexibility index (Phi) is 6.89. The van der Waals surface area contributed by atoms with Crippen LogP contribution in [0.4, 0.5) is 17.1 Å². The van der Waals surface area contributed by atoms with Gasteiger partial charge in [0.2, 0.25) is 13.4 Å². The molecule has 5 heteroatoms. The minimum atomic E-state index is -2.88. The summed E-state index contributed by atoms with van der Waals surface area (Å²) in [6, 6.07) is 66.0. The molecule has 8 aromatic carbocycles. The summed E-state index contributed by atoms with van der Waals surface area (Å²) in [7, 11) is -2.88. The third-order valence-corrected chi connectivity index (χ3v) is 19.0. The monoisotopic (exact) mass is 745 g/mol. The third kappa shape index (κ3) is 4.25. The SMILES string of the molecule is Cc1cc2c3c(c1)B1c4ccccc4Sc4cccc(c41)N3c1ccc3cc1B2c1c(C)cc(C)cc1-c1ccccc1[Si]3(c1ccccc1)c1ccccc1. The topological polar surface area (TPSA) is 3.24 Å². The lowest BCUT2D eigenvalue weighted by Crippen LogP contribution is -2.75. The molecule has 0 spiro atoms. The number of hydrogen-bond donors (Lipinski definition) is 0. The Morgan fingerprint density at radius 2 is 1.09 bits per heavy atom. The van der Waals surface area contributed by atoms with Crippen LogP contribution in [0.3, 0.4) is 0 Å². The second-order valence-electron chi connectivity index (χ2n) is 16.2. The van der Waals surface area contributed by atoms with Crippen molar-refractivity contribution in [3.63, 3.8) is 0 Å². The first-order valence-electron chi connectivity index (χ1n) is 19.8. The van der Waals surface area contributed by atoms with Gasteiger partial charge in [-0.15, -0.1) is 0 Å². The number of nitrogens with zero attached hydrogens (tertiary/aromatic N) is 1. The zero-order valence-corrected chi connectivity index (χ0v) is 33.5. The Morgan fingerprint density at radius 3 is 1.86 bits per heavy atom. The number of rotatable bonds is 2. The van der Waals surface area contributed by atoms with E-state index in [-0.39, 0.29) is 13.4 Å². The Labute approximate surface area is 335 Å². The second-order valence-corrected chi connectivity index (χ2v) is 21.0. The van der Waals surface area contributed by atoms with Gasteiger partial charge in [0.25, 0.3) is 0 Å². The summed E-state index contributed by atoms with van der Waals surface area (Å²) >= 11 is 1.93. The van der Waals surface area contributed by atoms with E-state index in [4.69, 9.17) is 0 Å². The fourth-order valence-corrected chi connectivity index (χ4v) is 17.3. The van der Waals surface area contributed by atoms with Crippen LogP contribution in [0.15, 0.2) is 180 Å². The van der Waals surface area contributed by atoms with E-state index in [9.17, 15) is 0 Å². The van der Waals surface area contributed by atoms with Crippen molar-refractivity contribution in [1.82, 2.24) is 0 Å². The molecule has 0 N–H and O–H groups in total. The molecule has 0 saturated carbocycles. The maximum Gasteiger partial charge on any atom is 0.249 e. The van der Waals surface area contributed by atoms with Gasteiger partial charge in [-0.3, -0.25) is 0 Å². The van der Waals surface area contributed by atoms with E-state index in [0.29, 0.717) is 0 Å². The van der Waals surface area contributed by atoms with E-state index in [1.807, 2.05) is 11.8 Å². The fourth-order valence-electron chi connectivity index (χ4n) is 11.1. The van der Waals surface area contributed by atoms with Crippen molar-refractivity contribution in [2.45, 2.75) is 30.6 Å². The van der Waals surface area contributed by atoms with Crippen molar-refractivity contribution in [3.05, 3.63) is 187 Å². The van der Waals surface area contributed by atoms with Gasteiger partial charge >= 0.3 is 0 Å². The number of benzene rings is 8. The van der Waals surface area contributed by atoms with Gasteiger partial charge in [0.05, 0.1) is 0 Å². The van der Waals surface area contributed by atoms with Crippen LogP contribution in [0.5, 0.6) is 0 Å². The predicted molar refractivity (Wildman–Crippen MR) is 244 cm³/mol. The van der Waals surface area contributed by atoms with Crippen molar-refractivity contribution in [2.24, 2.45) is 0 Å². The molecule has 2 bridgehead atoms. The van der Waals surface area contributed by atoms with Crippen LogP contribution < -0.4 is 58.4 Å². The lowest BCUT2D eigenvalue weighted by atomic mass is 9.29. The van der Waals surface area contributed by atoms with Gasteiger partial charge in [-0.1, -0.05) is 185 Å². The van der Waals surface area contributed by atoms with Crippen molar-refractivity contribution in [3.8, 4) is 11.1 Å². The first-order valence-corrected chi connectivity index (χ1v) is 22.6. The predicted octanol–water partition coefficient (Wildman–Crippen LogP) is 5.56. The highest BCUT2D eigenvalue weighted by molar-refractivity contribution is 8.00. The molecular formula is C51H37B2NSSi. The smallest absolute Gasteiger partial charge is 0.249 e. The summed E-state index contributed by atoms with van der Waals surface area (Å²) in [6.07, 6.45) is 0. The lowest BCUT2D eigenvalue weighted by Gasteiger charge is -2.46. The summed E-state index contributed by atoms with van der Waals surface area (Å²) < 4.78 is 0. The summed E-state index contributed by atoms with van der Waals surface area (Å²) in [5.74, 6) is 0. The van der Waals surface area contributed by atoms with E-state index in [2.05, 4.69) is 196 Å². The molecule has 4 aliphatic heterocycles. The molecule has 4 aliphatic rings. The molecule has 0 atom stereocenters. The Balaban J connectivity index is 1.27. The minimum absolute atomic E-state index is 0.0489. The van der Waals surface area contributed by atoms with Crippen LogP contribution >= 0.6 is 11.8 Å². The molecule has 1 nitrogen and oxygen atoms in total. The average Bonchev–Trinajstić information content (AvgIpc) is 3.26. The van der Waals surface area contributed by atoms with E-state index in [0.717, 1.165) is 0 Å². The van der Waals surface area contributed by atoms with Gasteiger partial charge in [-0.05, 0) is 98.8 Å². The van der Waals surface area contributed by atoms with Crippen LogP contribution in [-0.2, 0) is 0 Å². The van der Waals surface area contributed by atoms with Crippen LogP contribution in [0.1, 0.15) is 16.7 Å². The molecule has 12 rings (SSSR count). The van der Waals surface area contributed by atoms with Gasteiger partial charge in [0, 0.05) is 26.9 Å². The largest absolute Gasteiger partial charge is 0.312 e. The first-order chi connectivity index (χ1) is 27.5. The highest BCUT2D eigenvalue weighted by atomic mass is 32.2. The molecular weight excluding hydrogens is 708 g/mol. The maximum absolute atomic E-state index is 2.88.